The molecule has 0 aliphatic carbocycles. The second-order valence-electron chi connectivity index (χ2n) is 7.50. The minimum atomic E-state index is 0.559. The van der Waals surface area contributed by atoms with Crippen LogP contribution >= 0.6 is 11.6 Å². The molecular formula is C24H26ClN5O2. The average molecular weight is 452 g/mol. The lowest BCUT2D eigenvalue weighted by Gasteiger charge is -2.25. The lowest BCUT2D eigenvalue weighted by molar-refractivity contribution is 0.394. The zero-order valence-electron chi connectivity index (χ0n) is 18.7. The van der Waals surface area contributed by atoms with Crippen molar-refractivity contribution >= 4 is 34.1 Å². The summed E-state index contributed by atoms with van der Waals surface area (Å²) in [6.45, 7) is 2.96. The van der Waals surface area contributed by atoms with Crippen molar-refractivity contribution in [2.75, 3.05) is 25.7 Å². The number of hydrogen-bond acceptors (Lipinski definition) is 6. The van der Waals surface area contributed by atoms with Gasteiger partial charge in [-0.15, -0.1) is 0 Å². The highest BCUT2D eigenvalue weighted by molar-refractivity contribution is 6.37. The topological polar surface area (TPSA) is 65.3 Å². The molecule has 32 heavy (non-hydrogen) atoms. The van der Waals surface area contributed by atoms with Crippen LogP contribution in [-0.4, -0.2) is 40.5 Å². The number of aryl methyl sites for hydroxylation is 1. The average Bonchev–Trinajstić information content (AvgIpc) is 3.25. The van der Waals surface area contributed by atoms with Gasteiger partial charge in [-0.05, 0) is 18.6 Å². The van der Waals surface area contributed by atoms with Crippen molar-refractivity contribution in [3.05, 3.63) is 53.9 Å². The van der Waals surface area contributed by atoms with Crippen LogP contribution in [-0.2, 0) is 7.05 Å². The number of ether oxygens (including phenoxy) is 2. The molecule has 0 amide bonds. The molecule has 8 heteroatoms. The number of unbranched alkanes of at least 4 members (excludes halogenated alkanes) is 1. The number of halogens is 1. The van der Waals surface area contributed by atoms with Gasteiger partial charge in [0.1, 0.15) is 22.8 Å². The predicted octanol–water partition coefficient (Wildman–Crippen LogP) is 5.64. The highest BCUT2D eigenvalue weighted by atomic mass is 35.5. The molecule has 0 aliphatic heterocycles. The molecule has 1 aromatic carbocycles. The third-order valence-electron chi connectivity index (χ3n) is 5.31. The fraction of sp³-hybridized carbons (Fsp3) is 0.292. The summed E-state index contributed by atoms with van der Waals surface area (Å²) in [6.07, 6.45) is 7.51. The molecule has 0 saturated carbocycles. The van der Waals surface area contributed by atoms with Crippen molar-refractivity contribution in [2.24, 2.45) is 7.05 Å². The first-order valence-electron chi connectivity index (χ1n) is 10.5. The van der Waals surface area contributed by atoms with Gasteiger partial charge in [0.2, 0.25) is 0 Å². The van der Waals surface area contributed by atoms with Gasteiger partial charge in [0.15, 0.2) is 0 Å². The molecule has 3 heterocycles. The molecule has 0 atom stereocenters. The SMILES string of the molecule is CCCCN(c1cc(OC)cc(OC)c1)c1ccc2ncc(-c3cnn(C)c3)c(Cl)c2n1. The Kier molecular flexibility index (Phi) is 6.46. The summed E-state index contributed by atoms with van der Waals surface area (Å²) >= 11 is 6.81. The number of hydrogen-bond donors (Lipinski definition) is 0. The molecule has 4 rings (SSSR count). The van der Waals surface area contributed by atoms with E-state index in [0.29, 0.717) is 10.5 Å². The molecular weight excluding hydrogens is 426 g/mol. The molecule has 7 nitrogen and oxygen atoms in total. The maximum absolute atomic E-state index is 6.81. The van der Waals surface area contributed by atoms with Gasteiger partial charge in [-0.2, -0.15) is 5.10 Å². The maximum Gasteiger partial charge on any atom is 0.133 e. The van der Waals surface area contributed by atoms with Gasteiger partial charge >= 0.3 is 0 Å². The maximum atomic E-state index is 6.81. The van der Waals surface area contributed by atoms with Gasteiger partial charge in [-0.25, -0.2) is 4.98 Å². The van der Waals surface area contributed by atoms with Gasteiger partial charge in [-0.3, -0.25) is 9.67 Å². The van der Waals surface area contributed by atoms with Crippen LogP contribution in [0.3, 0.4) is 0 Å². The lowest BCUT2D eigenvalue weighted by Crippen LogP contribution is -2.19. The van der Waals surface area contributed by atoms with Crippen LogP contribution < -0.4 is 14.4 Å². The fourth-order valence-corrected chi connectivity index (χ4v) is 3.87. The van der Waals surface area contributed by atoms with Crippen molar-refractivity contribution in [3.63, 3.8) is 0 Å². The van der Waals surface area contributed by atoms with E-state index in [1.54, 1.807) is 31.3 Å². The summed E-state index contributed by atoms with van der Waals surface area (Å²) in [6, 6.07) is 9.74. The van der Waals surface area contributed by atoms with Gasteiger partial charge in [0, 0.05) is 61.0 Å². The van der Waals surface area contributed by atoms with Gasteiger partial charge in [-0.1, -0.05) is 24.9 Å². The Hall–Kier alpha value is -3.32. The second kappa shape index (κ2) is 9.44. The Labute approximate surface area is 192 Å². The monoisotopic (exact) mass is 451 g/mol. The van der Waals surface area contributed by atoms with Gasteiger partial charge < -0.3 is 14.4 Å². The normalized spacial score (nSPS) is 11.0. The first kappa shape index (κ1) is 21.9. The Bertz CT molecular complexity index is 1220. The number of nitrogens with zero attached hydrogens (tertiary/aromatic N) is 5. The zero-order valence-corrected chi connectivity index (χ0v) is 19.4. The molecule has 4 aromatic rings. The smallest absolute Gasteiger partial charge is 0.133 e. The second-order valence-corrected chi connectivity index (χ2v) is 7.88. The number of benzene rings is 1. The quantitative estimate of drug-likeness (QED) is 0.345. The van der Waals surface area contributed by atoms with Crippen molar-refractivity contribution < 1.29 is 9.47 Å². The third-order valence-corrected chi connectivity index (χ3v) is 5.69. The Morgan fingerprint density at radius 2 is 1.81 bits per heavy atom. The molecule has 3 aromatic heterocycles. The summed E-state index contributed by atoms with van der Waals surface area (Å²) in [5.41, 5.74) is 4.04. The zero-order chi connectivity index (χ0) is 22.7. The van der Waals surface area contributed by atoms with Crippen LogP contribution in [0.1, 0.15) is 19.8 Å². The summed E-state index contributed by atoms with van der Waals surface area (Å²) in [4.78, 5) is 11.7. The first-order chi connectivity index (χ1) is 15.5. The van der Waals surface area contributed by atoms with Crippen molar-refractivity contribution in [3.8, 4) is 22.6 Å². The third kappa shape index (κ3) is 4.34. The van der Waals surface area contributed by atoms with Crippen LogP contribution in [0, 0.1) is 0 Å². The molecule has 0 saturated heterocycles. The Morgan fingerprint density at radius 3 is 2.44 bits per heavy atom. The number of aromatic nitrogens is 4. The van der Waals surface area contributed by atoms with E-state index in [2.05, 4.69) is 21.9 Å². The van der Waals surface area contributed by atoms with Gasteiger partial charge in [0.05, 0.1) is 31.0 Å². The lowest BCUT2D eigenvalue weighted by atomic mass is 10.1. The van der Waals surface area contributed by atoms with E-state index in [9.17, 15) is 0 Å². The highest BCUT2D eigenvalue weighted by Crippen LogP contribution is 2.36. The van der Waals surface area contributed by atoms with E-state index in [1.807, 2.05) is 43.6 Å². The first-order valence-corrected chi connectivity index (χ1v) is 10.9. The predicted molar refractivity (Wildman–Crippen MR) is 128 cm³/mol. The Balaban J connectivity index is 1.83. The van der Waals surface area contributed by atoms with E-state index in [0.717, 1.165) is 59.0 Å². The Morgan fingerprint density at radius 1 is 1.06 bits per heavy atom. The largest absolute Gasteiger partial charge is 0.497 e. The minimum absolute atomic E-state index is 0.559. The van der Waals surface area contributed by atoms with Gasteiger partial charge in [0.25, 0.3) is 0 Å². The summed E-state index contributed by atoms with van der Waals surface area (Å²) in [5.74, 6) is 2.23. The molecule has 0 N–H and O–H groups in total. The molecule has 0 unspecified atom stereocenters. The molecule has 0 spiro atoms. The molecule has 0 radical (unpaired) electrons. The number of methoxy groups -OCH3 is 2. The van der Waals surface area contributed by atoms with Crippen LogP contribution in [0.2, 0.25) is 5.02 Å². The number of anilines is 2. The van der Waals surface area contributed by atoms with Crippen LogP contribution in [0.4, 0.5) is 11.5 Å². The molecule has 0 bridgehead atoms. The summed E-state index contributed by atoms with van der Waals surface area (Å²) in [5, 5.41) is 4.80. The van der Waals surface area contributed by atoms with Crippen molar-refractivity contribution in [2.45, 2.75) is 19.8 Å². The van der Waals surface area contributed by atoms with Crippen LogP contribution in [0.15, 0.2) is 48.9 Å². The summed E-state index contributed by atoms with van der Waals surface area (Å²) in [7, 11) is 5.17. The van der Waals surface area contributed by atoms with Crippen LogP contribution in [0.5, 0.6) is 11.5 Å². The van der Waals surface area contributed by atoms with E-state index >= 15 is 0 Å². The molecule has 166 valence electrons. The number of fused-ring (bicyclic) bond motifs is 1. The van der Waals surface area contributed by atoms with Crippen molar-refractivity contribution in [1.29, 1.82) is 0 Å². The number of pyridine rings is 2. The summed E-state index contributed by atoms with van der Waals surface area (Å²) < 4.78 is 12.7. The van der Waals surface area contributed by atoms with Crippen molar-refractivity contribution in [1.82, 2.24) is 19.7 Å². The van der Waals surface area contributed by atoms with Crippen LogP contribution in [0.25, 0.3) is 22.2 Å². The van der Waals surface area contributed by atoms with E-state index in [4.69, 9.17) is 26.1 Å². The van der Waals surface area contributed by atoms with E-state index < -0.39 is 0 Å². The highest BCUT2D eigenvalue weighted by Gasteiger charge is 2.17. The number of rotatable bonds is 8. The standard InChI is InChI=1S/C24H26ClN5O2/c1-5-6-9-30(17-10-18(31-3)12-19(11-17)32-4)22-8-7-21-24(28-22)23(25)20(14-26-21)16-13-27-29(2)15-16/h7-8,10-15H,5-6,9H2,1-4H3. The van der Waals surface area contributed by atoms with E-state index in [1.165, 1.54) is 0 Å². The van der Waals surface area contributed by atoms with E-state index in [-0.39, 0.29) is 0 Å². The fourth-order valence-electron chi connectivity index (χ4n) is 3.58. The minimum Gasteiger partial charge on any atom is -0.497 e. The molecule has 0 fully saturated rings. The molecule has 0 aliphatic rings.